The van der Waals surface area contributed by atoms with Gasteiger partial charge in [0.1, 0.15) is 5.69 Å². The highest BCUT2D eigenvalue weighted by Gasteiger charge is 2.33. The van der Waals surface area contributed by atoms with Crippen molar-refractivity contribution in [3.8, 4) is 0 Å². The predicted octanol–water partition coefficient (Wildman–Crippen LogP) is 4.84. The first kappa shape index (κ1) is 18.8. The molecule has 0 aliphatic carbocycles. The normalized spacial score (nSPS) is 11.4. The summed E-state index contributed by atoms with van der Waals surface area (Å²) in [7, 11) is 0. The van der Waals surface area contributed by atoms with E-state index in [1.54, 1.807) is 6.07 Å². The van der Waals surface area contributed by atoms with E-state index in [4.69, 9.17) is 23.2 Å². The Bertz CT molecular complexity index is 771. The zero-order chi connectivity index (χ0) is 17.9. The molecule has 1 aromatic heterocycles. The fourth-order valence-electron chi connectivity index (χ4n) is 1.65. The lowest BCUT2D eigenvalue weighted by atomic mass is 10.3. The number of amides is 1. The molecule has 2 rings (SSSR count). The van der Waals surface area contributed by atoms with Gasteiger partial charge in [-0.15, -0.1) is 0 Å². The number of alkyl halides is 3. The highest BCUT2D eigenvalue weighted by Crippen LogP contribution is 2.29. The molecule has 2 aromatic rings. The van der Waals surface area contributed by atoms with Gasteiger partial charge in [0.05, 0.1) is 15.8 Å². The SMILES string of the molecule is Cc1cc(C(F)(F)F)nc(SCC(=O)Nc2ccc(Cl)c(Cl)c2)n1. The summed E-state index contributed by atoms with van der Waals surface area (Å²) in [6, 6.07) is 5.39. The maximum atomic E-state index is 12.7. The fourth-order valence-corrected chi connectivity index (χ4v) is 2.65. The molecule has 0 aliphatic heterocycles. The van der Waals surface area contributed by atoms with E-state index in [1.165, 1.54) is 19.1 Å². The van der Waals surface area contributed by atoms with Crippen LogP contribution in [0, 0.1) is 6.92 Å². The third-order valence-electron chi connectivity index (χ3n) is 2.66. The third-order valence-corrected chi connectivity index (χ3v) is 4.25. The molecule has 128 valence electrons. The van der Waals surface area contributed by atoms with Gasteiger partial charge in [-0.05, 0) is 31.2 Å². The number of anilines is 1. The Balaban J connectivity index is 2.01. The zero-order valence-corrected chi connectivity index (χ0v) is 14.4. The number of nitrogens with one attached hydrogen (secondary N) is 1. The van der Waals surface area contributed by atoms with Crippen LogP contribution in [0.1, 0.15) is 11.4 Å². The van der Waals surface area contributed by atoms with Crippen LogP contribution >= 0.6 is 35.0 Å². The van der Waals surface area contributed by atoms with Crippen molar-refractivity contribution in [3.05, 3.63) is 45.7 Å². The van der Waals surface area contributed by atoms with Crippen molar-refractivity contribution in [1.29, 1.82) is 0 Å². The van der Waals surface area contributed by atoms with E-state index in [1.807, 2.05) is 0 Å². The lowest BCUT2D eigenvalue weighted by Crippen LogP contribution is -2.15. The van der Waals surface area contributed by atoms with Crippen molar-refractivity contribution in [3.63, 3.8) is 0 Å². The Morgan fingerprint density at radius 1 is 1.21 bits per heavy atom. The maximum Gasteiger partial charge on any atom is 0.433 e. The quantitative estimate of drug-likeness (QED) is 0.594. The second-order valence-corrected chi connectivity index (χ2v) is 6.40. The molecular formula is C14H10Cl2F3N3OS. The highest BCUT2D eigenvalue weighted by atomic mass is 35.5. The van der Waals surface area contributed by atoms with Gasteiger partial charge in [-0.3, -0.25) is 4.79 Å². The molecule has 4 nitrogen and oxygen atoms in total. The molecule has 1 heterocycles. The first-order valence-electron chi connectivity index (χ1n) is 6.46. The Kier molecular flexibility index (Phi) is 5.95. The first-order valence-corrected chi connectivity index (χ1v) is 8.20. The van der Waals surface area contributed by atoms with E-state index in [0.29, 0.717) is 10.7 Å². The lowest BCUT2D eigenvalue weighted by Gasteiger charge is -2.09. The Labute approximate surface area is 149 Å². The second kappa shape index (κ2) is 7.58. The number of aromatic nitrogens is 2. The molecule has 1 N–H and O–H groups in total. The van der Waals surface area contributed by atoms with Crippen molar-refractivity contribution in [2.75, 3.05) is 11.1 Å². The van der Waals surface area contributed by atoms with Crippen LogP contribution in [-0.2, 0) is 11.0 Å². The van der Waals surface area contributed by atoms with E-state index in [2.05, 4.69) is 15.3 Å². The van der Waals surface area contributed by atoms with E-state index in [0.717, 1.165) is 17.8 Å². The van der Waals surface area contributed by atoms with E-state index < -0.39 is 17.8 Å². The number of rotatable bonds is 4. The monoisotopic (exact) mass is 395 g/mol. The molecule has 1 amide bonds. The Hall–Kier alpha value is -1.51. The molecule has 0 bridgehead atoms. The van der Waals surface area contributed by atoms with Gasteiger partial charge in [-0.2, -0.15) is 13.2 Å². The van der Waals surface area contributed by atoms with Crippen LogP contribution < -0.4 is 5.32 Å². The van der Waals surface area contributed by atoms with Gasteiger partial charge in [0.25, 0.3) is 0 Å². The average molecular weight is 396 g/mol. The molecule has 0 atom stereocenters. The van der Waals surface area contributed by atoms with Crippen LogP contribution in [0.3, 0.4) is 0 Å². The number of hydrogen-bond acceptors (Lipinski definition) is 4. The minimum atomic E-state index is -4.56. The molecule has 24 heavy (non-hydrogen) atoms. The number of benzene rings is 1. The number of aryl methyl sites for hydroxylation is 1. The molecule has 0 aliphatic rings. The maximum absolute atomic E-state index is 12.7. The van der Waals surface area contributed by atoms with E-state index in [-0.39, 0.29) is 21.6 Å². The molecule has 0 fully saturated rings. The number of nitrogens with zero attached hydrogens (tertiary/aromatic N) is 2. The van der Waals surface area contributed by atoms with Crippen molar-refractivity contribution >= 4 is 46.6 Å². The summed E-state index contributed by atoms with van der Waals surface area (Å²) < 4.78 is 38.1. The second-order valence-electron chi connectivity index (χ2n) is 4.64. The molecule has 0 unspecified atom stereocenters. The largest absolute Gasteiger partial charge is 0.433 e. The Morgan fingerprint density at radius 3 is 2.54 bits per heavy atom. The predicted molar refractivity (Wildman–Crippen MR) is 87.6 cm³/mol. The summed E-state index contributed by atoms with van der Waals surface area (Å²) in [5, 5.41) is 3.06. The van der Waals surface area contributed by atoms with Crippen LogP contribution in [0.15, 0.2) is 29.4 Å². The van der Waals surface area contributed by atoms with E-state index >= 15 is 0 Å². The molecule has 10 heteroatoms. The molecular weight excluding hydrogens is 386 g/mol. The average Bonchev–Trinajstić information content (AvgIpc) is 2.47. The summed E-state index contributed by atoms with van der Waals surface area (Å²) in [6.07, 6.45) is -4.56. The lowest BCUT2D eigenvalue weighted by molar-refractivity contribution is -0.141. The van der Waals surface area contributed by atoms with Crippen molar-refractivity contribution < 1.29 is 18.0 Å². The summed E-state index contributed by atoms with van der Waals surface area (Å²) in [4.78, 5) is 19.2. The van der Waals surface area contributed by atoms with Gasteiger partial charge in [0.2, 0.25) is 5.91 Å². The van der Waals surface area contributed by atoms with Gasteiger partial charge in [0.15, 0.2) is 5.16 Å². The van der Waals surface area contributed by atoms with Gasteiger partial charge >= 0.3 is 6.18 Å². The third kappa shape index (κ3) is 5.25. The number of carbonyl (C=O) groups is 1. The number of halogens is 5. The minimum Gasteiger partial charge on any atom is -0.325 e. The van der Waals surface area contributed by atoms with Crippen molar-refractivity contribution in [1.82, 2.24) is 9.97 Å². The van der Waals surface area contributed by atoms with Crippen LogP contribution in [-0.4, -0.2) is 21.6 Å². The smallest absolute Gasteiger partial charge is 0.325 e. The van der Waals surface area contributed by atoms with Crippen LogP contribution in [0.2, 0.25) is 10.0 Å². The minimum absolute atomic E-state index is 0.119. The van der Waals surface area contributed by atoms with Gasteiger partial charge in [0, 0.05) is 11.4 Å². The van der Waals surface area contributed by atoms with Gasteiger partial charge in [-0.1, -0.05) is 35.0 Å². The van der Waals surface area contributed by atoms with Crippen LogP contribution in [0.25, 0.3) is 0 Å². The van der Waals surface area contributed by atoms with Gasteiger partial charge in [-0.25, -0.2) is 9.97 Å². The summed E-state index contributed by atoms with van der Waals surface area (Å²) in [5.41, 5.74) is -0.441. The fraction of sp³-hybridized carbons (Fsp3) is 0.214. The summed E-state index contributed by atoms with van der Waals surface area (Å²) in [5.74, 6) is -0.585. The van der Waals surface area contributed by atoms with E-state index in [9.17, 15) is 18.0 Å². The highest BCUT2D eigenvalue weighted by molar-refractivity contribution is 7.99. The van der Waals surface area contributed by atoms with Gasteiger partial charge < -0.3 is 5.32 Å². The molecule has 0 radical (unpaired) electrons. The van der Waals surface area contributed by atoms with Crippen molar-refractivity contribution in [2.45, 2.75) is 18.3 Å². The summed E-state index contributed by atoms with van der Waals surface area (Å²) >= 11 is 12.4. The van der Waals surface area contributed by atoms with Crippen LogP contribution in [0.5, 0.6) is 0 Å². The number of thioether (sulfide) groups is 1. The molecule has 0 spiro atoms. The standard InChI is InChI=1S/C14H10Cl2F3N3OS/c1-7-4-11(14(17,18)19)22-13(20-7)24-6-12(23)21-8-2-3-9(15)10(16)5-8/h2-5H,6H2,1H3,(H,21,23). The van der Waals surface area contributed by atoms with Crippen molar-refractivity contribution in [2.24, 2.45) is 0 Å². The number of hydrogen-bond donors (Lipinski definition) is 1. The molecule has 0 saturated heterocycles. The summed E-state index contributed by atoms with van der Waals surface area (Å²) in [6.45, 7) is 1.43. The molecule has 1 aromatic carbocycles. The first-order chi connectivity index (χ1) is 11.1. The van der Waals surface area contributed by atoms with Crippen LogP contribution in [0.4, 0.5) is 18.9 Å². The molecule has 0 saturated carbocycles. The number of carbonyl (C=O) groups excluding carboxylic acids is 1. The topological polar surface area (TPSA) is 54.9 Å². The zero-order valence-electron chi connectivity index (χ0n) is 12.1. The Morgan fingerprint density at radius 2 is 1.92 bits per heavy atom.